The molecule has 1 aliphatic carbocycles. The zero-order valence-electron chi connectivity index (χ0n) is 23.2. The minimum atomic E-state index is 1.01. The first kappa shape index (κ1) is 36.4. The number of rotatable bonds is 12. The highest BCUT2D eigenvalue weighted by molar-refractivity contribution is 4.66. The molecule has 1 saturated carbocycles. The summed E-state index contributed by atoms with van der Waals surface area (Å²) in [5, 5.41) is 0. The van der Waals surface area contributed by atoms with Gasteiger partial charge >= 0.3 is 0 Å². The van der Waals surface area contributed by atoms with Crippen LogP contribution in [0.1, 0.15) is 178 Å². The Kier molecular flexibility index (Phi) is 48.4. The number of hydrogen-bond donors (Lipinski definition) is 0. The molecule has 0 saturated heterocycles. The first-order valence-electron chi connectivity index (χ1n) is 14.2. The third kappa shape index (κ3) is 35.8. The second-order valence-electron chi connectivity index (χ2n) is 8.24. The highest BCUT2D eigenvalue weighted by Gasteiger charge is 2.13. The number of unbranched alkanes of at least 4 members (excludes halogenated alkanes) is 6. The van der Waals surface area contributed by atoms with Gasteiger partial charge in [-0.25, -0.2) is 0 Å². The predicted molar refractivity (Wildman–Crippen MR) is 142 cm³/mol. The summed E-state index contributed by atoms with van der Waals surface area (Å²) >= 11 is 0. The smallest absolute Gasteiger partial charge is 0.0414 e. The van der Waals surface area contributed by atoms with Crippen LogP contribution < -0.4 is 0 Å². The van der Waals surface area contributed by atoms with E-state index in [1.807, 2.05) is 27.7 Å². The second kappa shape index (κ2) is 38.6. The molecule has 0 amide bonds. The van der Waals surface area contributed by atoms with Gasteiger partial charge in [0.2, 0.25) is 0 Å². The molecule has 0 aromatic rings. The predicted octanol–water partition coefficient (Wildman–Crippen LogP) is 12.0. The van der Waals surface area contributed by atoms with Crippen molar-refractivity contribution in [2.45, 2.75) is 178 Å². The van der Waals surface area contributed by atoms with Crippen LogP contribution in [0, 0.1) is 11.8 Å². The van der Waals surface area contributed by atoms with Crippen LogP contribution in [0.15, 0.2) is 0 Å². The van der Waals surface area contributed by atoms with Gasteiger partial charge in [0.25, 0.3) is 0 Å². The van der Waals surface area contributed by atoms with Gasteiger partial charge in [0, 0.05) is 0 Å². The summed E-state index contributed by atoms with van der Waals surface area (Å²) in [5.41, 5.74) is 0. The molecule has 0 atom stereocenters. The lowest BCUT2D eigenvalue weighted by Gasteiger charge is -2.10. The van der Waals surface area contributed by atoms with Gasteiger partial charge in [0.05, 0.1) is 0 Å². The van der Waals surface area contributed by atoms with E-state index in [1.54, 1.807) is 0 Å². The average Bonchev–Trinajstić information content (AvgIpc) is 3.29. The van der Waals surface area contributed by atoms with Crippen molar-refractivity contribution in [3.05, 3.63) is 0 Å². The molecule has 0 aromatic carbocycles. The molecule has 0 heterocycles. The van der Waals surface area contributed by atoms with Gasteiger partial charge in [0.1, 0.15) is 0 Å². The second-order valence-corrected chi connectivity index (χ2v) is 8.24. The Balaban J connectivity index is -0.000000165. The lowest BCUT2D eigenvalue weighted by atomic mass is 9.96. The minimum Gasteiger partial charge on any atom is -0.0683 e. The Labute approximate surface area is 190 Å². The molecule has 0 unspecified atom stereocenters. The first-order chi connectivity index (χ1) is 14.2. The van der Waals surface area contributed by atoms with Crippen LogP contribution in [0.4, 0.5) is 0 Å². The van der Waals surface area contributed by atoms with E-state index < -0.39 is 0 Å². The zero-order valence-corrected chi connectivity index (χ0v) is 23.2. The van der Waals surface area contributed by atoms with Crippen LogP contribution in [0.2, 0.25) is 0 Å². The summed E-state index contributed by atoms with van der Waals surface area (Å²) < 4.78 is 0. The summed E-state index contributed by atoms with van der Waals surface area (Å²) in [6, 6.07) is 0. The van der Waals surface area contributed by atoms with Crippen molar-refractivity contribution in [2.75, 3.05) is 0 Å². The van der Waals surface area contributed by atoms with E-state index in [4.69, 9.17) is 0 Å². The standard InChI is InChI=1S/C11H22.C11H24.C3H8.2C2H6/c1-2-3-4-5-8-11-9-6-7-10-11;1-4-7-8-9-10-11(5-2)6-3;1-3-2;2*1-2/h11H,2-10H2,1H3;11H,4-10H2,1-3H3;3H2,1-2H3;2*1-2H3. The van der Waals surface area contributed by atoms with E-state index in [1.165, 1.54) is 109 Å². The average molecular weight is 415 g/mol. The minimum absolute atomic E-state index is 1.01. The molecule has 0 N–H and O–H groups in total. The molecule has 0 spiro atoms. The lowest BCUT2D eigenvalue weighted by molar-refractivity contribution is 0.429. The summed E-state index contributed by atoms with van der Waals surface area (Å²) in [6.45, 7) is 21.4. The SMILES string of the molecule is CC.CC.CCC.CCCCCCC(CC)CC.CCCCCCC1CCCC1. The molecule has 0 aromatic heterocycles. The van der Waals surface area contributed by atoms with Crippen molar-refractivity contribution < 1.29 is 0 Å². The van der Waals surface area contributed by atoms with Gasteiger partial charge in [-0.1, -0.05) is 178 Å². The van der Waals surface area contributed by atoms with Crippen molar-refractivity contribution in [3.63, 3.8) is 0 Å². The molecule has 0 nitrogen and oxygen atoms in total. The van der Waals surface area contributed by atoms with Gasteiger partial charge in [0.15, 0.2) is 0 Å². The molecule has 0 heteroatoms. The van der Waals surface area contributed by atoms with Gasteiger partial charge < -0.3 is 0 Å². The van der Waals surface area contributed by atoms with Gasteiger partial charge in [-0.3, -0.25) is 0 Å². The Morgan fingerprint density at radius 3 is 1.38 bits per heavy atom. The van der Waals surface area contributed by atoms with Crippen LogP contribution in [0.5, 0.6) is 0 Å². The molecule has 29 heavy (non-hydrogen) atoms. The van der Waals surface area contributed by atoms with Gasteiger partial charge in [-0.2, -0.15) is 0 Å². The maximum atomic E-state index is 2.31. The Morgan fingerprint density at radius 2 is 1.00 bits per heavy atom. The van der Waals surface area contributed by atoms with Gasteiger partial charge in [-0.05, 0) is 11.8 Å². The molecule has 0 aliphatic heterocycles. The van der Waals surface area contributed by atoms with Gasteiger partial charge in [-0.15, -0.1) is 0 Å². The summed E-state index contributed by atoms with van der Waals surface area (Å²) in [4.78, 5) is 0. The highest BCUT2D eigenvalue weighted by atomic mass is 14.2. The monoisotopic (exact) mass is 415 g/mol. The molecule has 1 fully saturated rings. The quantitative estimate of drug-likeness (QED) is 0.278. The topological polar surface area (TPSA) is 0 Å². The maximum Gasteiger partial charge on any atom is -0.0414 e. The van der Waals surface area contributed by atoms with E-state index in [0.717, 1.165) is 11.8 Å². The van der Waals surface area contributed by atoms with Crippen molar-refractivity contribution in [2.24, 2.45) is 11.8 Å². The Hall–Kier alpha value is 0. The largest absolute Gasteiger partial charge is 0.0683 e. The Morgan fingerprint density at radius 1 is 0.586 bits per heavy atom. The van der Waals surface area contributed by atoms with Crippen LogP contribution in [0.25, 0.3) is 0 Å². The summed E-state index contributed by atoms with van der Waals surface area (Å²) in [6.07, 6.45) is 24.6. The fourth-order valence-electron chi connectivity index (χ4n) is 3.72. The highest BCUT2D eigenvalue weighted by Crippen LogP contribution is 2.29. The molecular formula is C29H66. The molecule has 1 aliphatic rings. The Bertz CT molecular complexity index is 188. The van der Waals surface area contributed by atoms with E-state index >= 15 is 0 Å². The van der Waals surface area contributed by atoms with E-state index in [-0.39, 0.29) is 0 Å². The molecule has 0 bridgehead atoms. The maximum absolute atomic E-state index is 2.31. The fraction of sp³-hybridized carbons (Fsp3) is 1.00. The zero-order chi connectivity index (χ0) is 23.2. The van der Waals surface area contributed by atoms with E-state index in [2.05, 4.69) is 41.5 Å². The lowest BCUT2D eigenvalue weighted by Crippen LogP contribution is -1.95. The molecule has 1 rings (SSSR count). The van der Waals surface area contributed by atoms with Crippen molar-refractivity contribution in [3.8, 4) is 0 Å². The number of hydrogen-bond acceptors (Lipinski definition) is 0. The van der Waals surface area contributed by atoms with E-state index in [0.29, 0.717) is 0 Å². The molecule has 182 valence electrons. The fourth-order valence-corrected chi connectivity index (χ4v) is 3.72. The third-order valence-electron chi connectivity index (χ3n) is 5.56. The van der Waals surface area contributed by atoms with Crippen LogP contribution in [0.3, 0.4) is 0 Å². The third-order valence-corrected chi connectivity index (χ3v) is 5.56. The first-order valence-corrected chi connectivity index (χ1v) is 14.2. The van der Waals surface area contributed by atoms with Crippen molar-refractivity contribution in [1.29, 1.82) is 0 Å². The summed E-state index contributed by atoms with van der Waals surface area (Å²) in [7, 11) is 0. The van der Waals surface area contributed by atoms with Crippen LogP contribution >= 0.6 is 0 Å². The summed E-state index contributed by atoms with van der Waals surface area (Å²) in [5.74, 6) is 2.12. The van der Waals surface area contributed by atoms with Crippen LogP contribution in [-0.2, 0) is 0 Å². The van der Waals surface area contributed by atoms with Crippen molar-refractivity contribution in [1.82, 2.24) is 0 Å². The van der Waals surface area contributed by atoms with E-state index in [9.17, 15) is 0 Å². The molecule has 0 radical (unpaired) electrons. The normalized spacial score (nSPS) is 12.5. The van der Waals surface area contributed by atoms with Crippen LogP contribution in [-0.4, -0.2) is 0 Å². The van der Waals surface area contributed by atoms with Crippen molar-refractivity contribution >= 4 is 0 Å². The molecular weight excluding hydrogens is 348 g/mol.